The molecule has 3 heteroatoms. The minimum absolute atomic E-state index is 0.0366. The summed E-state index contributed by atoms with van der Waals surface area (Å²) < 4.78 is 0. The first-order valence-electron chi connectivity index (χ1n) is 4.04. The molecule has 0 radical (unpaired) electrons. The number of carbonyl (C=O) groups excluding carboxylic acids is 1. The highest BCUT2D eigenvalue weighted by molar-refractivity contribution is 6.30. The van der Waals surface area contributed by atoms with E-state index in [0.29, 0.717) is 5.02 Å². The van der Waals surface area contributed by atoms with Gasteiger partial charge in [-0.15, -0.1) is 0 Å². The van der Waals surface area contributed by atoms with Crippen LogP contribution in [0.2, 0.25) is 5.02 Å². The highest BCUT2D eigenvalue weighted by Crippen LogP contribution is 2.20. The number of hydrogen-bond acceptors (Lipinski definition) is 2. The van der Waals surface area contributed by atoms with Gasteiger partial charge in [0.2, 0.25) is 0 Å². The van der Waals surface area contributed by atoms with E-state index in [4.69, 9.17) is 17.3 Å². The number of Topliss-reactive ketones (excluding diaryl/α,β-unsaturated/α-hetero) is 1. The zero-order valence-electron chi connectivity index (χ0n) is 7.67. The van der Waals surface area contributed by atoms with Gasteiger partial charge < -0.3 is 5.73 Å². The maximum absolute atomic E-state index is 11.0. The van der Waals surface area contributed by atoms with Crippen molar-refractivity contribution in [2.45, 2.75) is 19.9 Å². The van der Waals surface area contributed by atoms with Gasteiger partial charge in [0.15, 0.2) is 5.78 Å². The first kappa shape index (κ1) is 10.2. The van der Waals surface area contributed by atoms with Crippen molar-refractivity contribution in [1.82, 2.24) is 0 Å². The van der Waals surface area contributed by atoms with Gasteiger partial charge in [0.25, 0.3) is 0 Å². The van der Waals surface area contributed by atoms with Gasteiger partial charge in [-0.3, -0.25) is 4.79 Å². The number of aryl methyl sites for hydroxylation is 1. The normalized spacial score (nSPS) is 12.6. The zero-order valence-corrected chi connectivity index (χ0v) is 8.43. The van der Waals surface area contributed by atoms with Crippen LogP contribution in [0.25, 0.3) is 0 Å². The van der Waals surface area contributed by atoms with Gasteiger partial charge in [0.05, 0.1) is 6.04 Å². The SMILES string of the molecule is CC(=O)C(N)c1ccc(Cl)cc1C. The van der Waals surface area contributed by atoms with Gasteiger partial charge >= 0.3 is 0 Å². The van der Waals surface area contributed by atoms with E-state index in [2.05, 4.69) is 0 Å². The van der Waals surface area contributed by atoms with Crippen molar-refractivity contribution in [3.63, 3.8) is 0 Å². The van der Waals surface area contributed by atoms with Gasteiger partial charge in [0.1, 0.15) is 0 Å². The molecule has 0 saturated carbocycles. The zero-order chi connectivity index (χ0) is 10.0. The summed E-state index contributed by atoms with van der Waals surface area (Å²) in [5.74, 6) is -0.0366. The third-order valence-corrected chi connectivity index (χ3v) is 2.24. The summed E-state index contributed by atoms with van der Waals surface area (Å²) in [6, 6.07) is 4.81. The molecule has 70 valence electrons. The summed E-state index contributed by atoms with van der Waals surface area (Å²) >= 11 is 5.78. The number of benzene rings is 1. The molecule has 0 aromatic heterocycles. The Bertz CT molecular complexity index is 336. The van der Waals surface area contributed by atoms with Gasteiger partial charge in [-0.1, -0.05) is 17.7 Å². The summed E-state index contributed by atoms with van der Waals surface area (Å²) in [7, 11) is 0. The molecule has 0 aliphatic carbocycles. The van der Waals surface area contributed by atoms with Gasteiger partial charge in [-0.05, 0) is 37.1 Å². The smallest absolute Gasteiger partial charge is 0.150 e. The van der Waals surface area contributed by atoms with E-state index < -0.39 is 6.04 Å². The first-order valence-corrected chi connectivity index (χ1v) is 4.42. The van der Waals surface area contributed by atoms with Crippen molar-refractivity contribution in [3.05, 3.63) is 34.3 Å². The molecule has 1 aromatic rings. The second kappa shape index (κ2) is 3.90. The van der Waals surface area contributed by atoms with E-state index in [1.165, 1.54) is 6.92 Å². The summed E-state index contributed by atoms with van der Waals surface area (Å²) in [5.41, 5.74) is 7.49. The second-order valence-corrected chi connectivity index (χ2v) is 3.53. The predicted octanol–water partition coefficient (Wildman–Crippen LogP) is 2.24. The standard InChI is InChI=1S/C10H12ClNO/c1-6-5-8(11)3-4-9(6)10(12)7(2)13/h3-5,10H,12H2,1-2H3. The summed E-state index contributed by atoms with van der Waals surface area (Å²) in [4.78, 5) is 11.0. The van der Waals surface area contributed by atoms with Crippen LogP contribution in [0.3, 0.4) is 0 Å². The maximum Gasteiger partial charge on any atom is 0.150 e. The fourth-order valence-electron chi connectivity index (χ4n) is 1.21. The fourth-order valence-corrected chi connectivity index (χ4v) is 1.43. The Hall–Kier alpha value is -0.860. The summed E-state index contributed by atoms with van der Waals surface area (Å²) in [6.45, 7) is 3.38. The van der Waals surface area contributed by atoms with Crippen LogP contribution in [0.5, 0.6) is 0 Å². The molecule has 0 amide bonds. The fraction of sp³-hybridized carbons (Fsp3) is 0.300. The Balaban J connectivity index is 3.08. The second-order valence-electron chi connectivity index (χ2n) is 3.09. The molecular formula is C10H12ClNO. The quantitative estimate of drug-likeness (QED) is 0.790. The van der Waals surface area contributed by atoms with Crippen molar-refractivity contribution in [2.24, 2.45) is 5.73 Å². The molecule has 1 aromatic carbocycles. The van der Waals surface area contributed by atoms with Crippen LogP contribution in [0.1, 0.15) is 24.1 Å². The Morgan fingerprint density at radius 3 is 2.62 bits per heavy atom. The van der Waals surface area contributed by atoms with Crippen LogP contribution in [0, 0.1) is 6.92 Å². The van der Waals surface area contributed by atoms with Gasteiger partial charge in [0, 0.05) is 5.02 Å². The van der Waals surface area contributed by atoms with Crippen LogP contribution in [0.15, 0.2) is 18.2 Å². The lowest BCUT2D eigenvalue weighted by atomic mass is 10.00. The molecule has 0 fully saturated rings. The van der Waals surface area contributed by atoms with Crippen LogP contribution in [-0.2, 0) is 4.79 Å². The van der Waals surface area contributed by atoms with Crippen molar-refractivity contribution >= 4 is 17.4 Å². The largest absolute Gasteiger partial charge is 0.318 e. The number of rotatable bonds is 2. The Morgan fingerprint density at radius 2 is 2.15 bits per heavy atom. The molecule has 13 heavy (non-hydrogen) atoms. The molecule has 2 nitrogen and oxygen atoms in total. The lowest BCUT2D eigenvalue weighted by Crippen LogP contribution is -2.19. The van der Waals surface area contributed by atoms with Crippen molar-refractivity contribution < 1.29 is 4.79 Å². The monoisotopic (exact) mass is 197 g/mol. The van der Waals surface area contributed by atoms with E-state index in [1.54, 1.807) is 18.2 Å². The van der Waals surface area contributed by atoms with Crippen LogP contribution in [0.4, 0.5) is 0 Å². The minimum atomic E-state index is -0.530. The predicted molar refractivity (Wildman–Crippen MR) is 53.8 cm³/mol. The van der Waals surface area contributed by atoms with E-state index in [1.807, 2.05) is 6.92 Å². The third-order valence-electron chi connectivity index (χ3n) is 2.00. The molecule has 1 atom stereocenters. The number of halogens is 1. The molecule has 1 unspecified atom stereocenters. The highest BCUT2D eigenvalue weighted by Gasteiger charge is 2.12. The lowest BCUT2D eigenvalue weighted by Gasteiger charge is -2.11. The molecule has 0 aliphatic heterocycles. The number of hydrogen-bond donors (Lipinski definition) is 1. The Morgan fingerprint density at radius 1 is 1.54 bits per heavy atom. The molecule has 2 N–H and O–H groups in total. The van der Waals surface area contributed by atoms with Crippen molar-refractivity contribution in [3.8, 4) is 0 Å². The molecule has 1 rings (SSSR count). The van der Waals surface area contributed by atoms with Crippen molar-refractivity contribution in [1.29, 1.82) is 0 Å². The Labute approximate surface area is 82.7 Å². The van der Waals surface area contributed by atoms with E-state index in [0.717, 1.165) is 11.1 Å². The average Bonchev–Trinajstić information content (AvgIpc) is 2.03. The lowest BCUT2D eigenvalue weighted by molar-refractivity contribution is -0.118. The van der Waals surface area contributed by atoms with E-state index >= 15 is 0 Å². The first-order chi connectivity index (χ1) is 6.02. The van der Waals surface area contributed by atoms with Crippen LogP contribution < -0.4 is 5.73 Å². The molecule has 0 spiro atoms. The Kier molecular flexibility index (Phi) is 3.07. The number of carbonyl (C=O) groups is 1. The average molecular weight is 198 g/mol. The molecule has 0 aliphatic rings. The molecule has 0 heterocycles. The number of ketones is 1. The van der Waals surface area contributed by atoms with Crippen LogP contribution >= 0.6 is 11.6 Å². The highest BCUT2D eigenvalue weighted by atomic mass is 35.5. The topological polar surface area (TPSA) is 43.1 Å². The number of nitrogens with two attached hydrogens (primary N) is 1. The molecule has 0 bridgehead atoms. The maximum atomic E-state index is 11.0. The van der Waals surface area contributed by atoms with E-state index in [-0.39, 0.29) is 5.78 Å². The summed E-state index contributed by atoms with van der Waals surface area (Å²) in [5, 5.41) is 0.664. The molecule has 0 saturated heterocycles. The van der Waals surface area contributed by atoms with Crippen molar-refractivity contribution in [2.75, 3.05) is 0 Å². The molecular weight excluding hydrogens is 186 g/mol. The third kappa shape index (κ3) is 2.29. The van der Waals surface area contributed by atoms with Crippen LogP contribution in [-0.4, -0.2) is 5.78 Å². The minimum Gasteiger partial charge on any atom is -0.318 e. The van der Waals surface area contributed by atoms with E-state index in [9.17, 15) is 4.79 Å². The van der Waals surface area contributed by atoms with Gasteiger partial charge in [-0.2, -0.15) is 0 Å². The summed E-state index contributed by atoms with van der Waals surface area (Å²) in [6.07, 6.45) is 0. The van der Waals surface area contributed by atoms with Gasteiger partial charge in [-0.25, -0.2) is 0 Å².